The summed E-state index contributed by atoms with van der Waals surface area (Å²) in [7, 11) is 0. The number of carbonyl (C=O) groups is 4. The monoisotopic (exact) mass is 746 g/mol. The highest BCUT2D eigenvalue weighted by Crippen LogP contribution is 2.47. The van der Waals surface area contributed by atoms with Gasteiger partial charge < -0.3 is 29.8 Å². The van der Waals surface area contributed by atoms with Gasteiger partial charge in [-0.05, 0) is 79.1 Å². The van der Waals surface area contributed by atoms with Gasteiger partial charge in [-0.25, -0.2) is 0 Å². The number of nitrogens with zero attached hydrogens (tertiary/aromatic N) is 4. The molecule has 2 saturated heterocycles. The van der Waals surface area contributed by atoms with Crippen LogP contribution in [-0.4, -0.2) is 64.5 Å². The Bertz CT molecular complexity index is 1940. The Kier molecular flexibility index (Phi) is 11.8. The number of anilines is 3. The molecule has 0 bridgehead atoms. The summed E-state index contributed by atoms with van der Waals surface area (Å²) in [6.07, 6.45) is 12.8. The van der Waals surface area contributed by atoms with Crippen LogP contribution in [0.2, 0.25) is 0 Å². The smallest absolute Gasteiger partial charge is 0.264 e. The lowest BCUT2D eigenvalue weighted by Gasteiger charge is -2.36. The molecule has 0 aliphatic carbocycles. The number of hydrogen-bond acceptors (Lipinski definition) is 6. The van der Waals surface area contributed by atoms with E-state index >= 15 is 0 Å². The van der Waals surface area contributed by atoms with Crippen molar-refractivity contribution >= 4 is 40.7 Å². The van der Waals surface area contributed by atoms with E-state index in [4.69, 9.17) is 0 Å². The van der Waals surface area contributed by atoms with Crippen LogP contribution in [0.1, 0.15) is 99.8 Å². The van der Waals surface area contributed by atoms with Gasteiger partial charge in [-0.3, -0.25) is 19.2 Å². The number of aliphatic hydroxyl groups is 2. The third kappa shape index (κ3) is 7.98. The minimum Gasteiger partial charge on any atom is -0.394 e. The Morgan fingerprint density at radius 2 is 1.47 bits per heavy atom. The zero-order chi connectivity index (χ0) is 38.5. The summed E-state index contributed by atoms with van der Waals surface area (Å²) >= 11 is 0. The van der Waals surface area contributed by atoms with Gasteiger partial charge in [0.1, 0.15) is 0 Å². The second kappa shape index (κ2) is 16.9. The number of carbonyl (C=O) groups excluding carboxylic acids is 4. The summed E-state index contributed by atoms with van der Waals surface area (Å²) in [4.78, 5) is 61.5. The molecule has 4 amide bonds. The Labute approximate surface area is 324 Å². The molecular formula is C45H54N4O6. The van der Waals surface area contributed by atoms with Crippen LogP contribution in [0, 0.1) is 5.92 Å². The van der Waals surface area contributed by atoms with E-state index in [-0.39, 0.29) is 43.3 Å². The molecule has 3 atom stereocenters. The van der Waals surface area contributed by atoms with Crippen LogP contribution in [0.5, 0.6) is 0 Å². The summed E-state index contributed by atoms with van der Waals surface area (Å²) in [6.45, 7) is 3.47. The SMILES string of the molecule is C[C@@H](/C=C/CC(=O)N1Cc2ccccc2C[C@H]1CO)[C@]1(O)C(=O)N(Cc2cccc(N3CCCCCCC3=O)c2)c2ccc(N3CCCCCCC3=O)cc21. The molecule has 4 aliphatic heterocycles. The molecule has 0 aromatic heterocycles. The number of amides is 4. The number of rotatable bonds is 9. The van der Waals surface area contributed by atoms with Crippen molar-refractivity contribution in [2.24, 2.45) is 5.92 Å². The summed E-state index contributed by atoms with van der Waals surface area (Å²) in [5.74, 6) is -1.21. The molecule has 3 aromatic carbocycles. The normalized spacial score (nSPS) is 22.9. The van der Waals surface area contributed by atoms with Crippen LogP contribution in [0.15, 0.2) is 78.9 Å². The van der Waals surface area contributed by atoms with E-state index in [2.05, 4.69) is 0 Å². The summed E-state index contributed by atoms with van der Waals surface area (Å²) in [5.41, 5.74) is 3.51. The Morgan fingerprint density at radius 3 is 2.16 bits per heavy atom. The summed E-state index contributed by atoms with van der Waals surface area (Å²) in [5, 5.41) is 22.8. The Morgan fingerprint density at radius 1 is 0.818 bits per heavy atom. The van der Waals surface area contributed by atoms with Gasteiger partial charge in [0.05, 0.1) is 24.9 Å². The highest BCUT2D eigenvalue weighted by molar-refractivity contribution is 6.08. The van der Waals surface area contributed by atoms with Crippen molar-refractivity contribution in [2.75, 3.05) is 34.4 Å². The fraction of sp³-hybridized carbons (Fsp3) is 0.467. The zero-order valence-corrected chi connectivity index (χ0v) is 32.0. The van der Waals surface area contributed by atoms with E-state index < -0.39 is 17.4 Å². The first-order valence-electron chi connectivity index (χ1n) is 20.2. The maximum absolute atomic E-state index is 14.6. The molecule has 3 aromatic rings. The lowest BCUT2D eigenvalue weighted by molar-refractivity contribution is -0.139. The molecule has 4 heterocycles. The lowest BCUT2D eigenvalue weighted by atomic mass is 9.82. The number of aliphatic hydroxyl groups excluding tert-OH is 1. The predicted octanol–water partition coefficient (Wildman–Crippen LogP) is 6.54. The van der Waals surface area contributed by atoms with Gasteiger partial charge in [-0.2, -0.15) is 0 Å². The van der Waals surface area contributed by atoms with Gasteiger partial charge in [-0.15, -0.1) is 0 Å². The quantitative estimate of drug-likeness (QED) is 0.240. The van der Waals surface area contributed by atoms with Crippen molar-refractivity contribution in [3.05, 3.63) is 101 Å². The second-order valence-electron chi connectivity index (χ2n) is 15.7. The zero-order valence-electron chi connectivity index (χ0n) is 32.0. The highest BCUT2D eigenvalue weighted by Gasteiger charge is 2.53. The minimum absolute atomic E-state index is 0.0351. The topological polar surface area (TPSA) is 122 Å². The number of fused-ring (bicyclic) bond motifs is 2. The molecule has 0 unspecified atom stereocenters. The average Bonchev–Trinajstić information content (AvgIpc) is 3.39. The van der Waals surface area contributed by atoms with Crippen molar-refractivity contribution in [1.82, 2.24) is 4.90 Å². The van der Waals surface area contributed by atoms with Gasteiger partial charge >= 0.3 is 0 Å². The molecule has 2 N–H and O–H groups in total. The van der Waals surface area contributed by atoms with Crippen molar-refractivity contribution in [2.45, 2.75) is 109 Å². The minimum atomic E-state index is -1.97. The first-order valence-corrected chi connectivity index (χ1v) is 20.2. The summed E-state index contributed by atoms with van der Waals surface area (Å²) < 4.78 is 0. The van der Waals surface area contributed by atoms with E-state index in [1.54, 1.807) is 39.8 Å². The molecule has 55 heavy (non-hydrogen) atoms. The second-order valence-corrected chi connectivity index (χ2v) is 15.7. The third-order valence-electron chi connectivity index (χ3n) is 12.0. The molecule has 4 aliphatic rings. The van der Waals surface area contributed by atoms with Crippen LogP contribution in [-0.2, 0) is 44.3 Å². The summed E-state index contributed by atoms with van der Waals surface area (Å²) in [6, 6.07) is 20.9. The maximum Gasteiger partial charge on any atom is 0.264 e. The molecule has 10 heteroatoms. The molecule has 0 saturated carbocycles. The van der Waals surface area contributed by atoms with Gasteiger partial charge in [0, 0.05) is 61.8 Å². The maximum atomic E-state index is 14.6. The Hall–Kier alpha value is -4.80. The van der Waals surface area contributed by atoms with E-state index in [1.165, 1.54) is 0 Å². The van der Waals surface area contributed by atoms with E-state index in [1.807, 2.05) is 65.6 Å². The van der Waals surface area contributed by atoms with Crippen LogP contribution < -0.4 is 14.7 Å². The Balaban J connectivity index is 1.17. The van der Waals surface area contributed by atoms with Crippen LogP contribution in [0.3, 0.4) is 0 Å². The first-order chi connectivity index (χ1) is 26.7. The van der Waals surface area contributed by atoms with Crippen LogP contribution in [0.25, 0.3) is 0 Å². The molecule has 0 radical (unpaired) electrons. The first kappa shape index (κ1) is 38.5. The van der Waals surface area contributed by atoms with E-state index in [0.717, 1.165) is 73.7 Å². The van der Waals surface area contributed by atoms with Gasteiger partial charge in [0.25, 0.3) is 5.91 Å². The van der Waals surface area contributed by atoms with Gasteiger partial charge in [0.2, 0.25) is 17.7 Å². The average molecular weight is 747 g/mol. The van der Waals surface area contributed by atoms with Crippen molar-refractivity contribution < 1.29 is 29.4 Å². The fourth-order valence-corrected chi connectivity index (χ4v) is 8.80. The molecule has 290 valence electrons. The number of benzene rings is 3. The molecule has 10 nitrogen and oxygen atoms in total. The van der Waals surface area contributed by atoms with E-state index in [0.29, 0.717) is 55.8 Å². The lowest BCUT2D eigenvalue weighted by Crippen LogP contribution is -2.46. The van der Waals surface area contributed by atoms with Crippen molar-refractivity contribution in [3.63, 3.8) is 0 Å². The van der Waals surface area contributed by atoms with E-state index in [9.17, 15) is 29.4 Å². The number of hydrogen-bond donors (Lipinski definition) is 2. The fourth-order valence-electron chi connectivity index (χ4n) is 8.80. The standard InChI is InChI=1S/C45H54N4O6/c1-32(14-12-21-43(53)48-30-35-17-9-8-16-34(35)27-38(48)31-50)45(55)39-28-37(47-25-11-5-3-7-20-42(47)52)22-23-40(39)49(44(45)54)29-33-15-13-18-36(26-33)46-24-10-4-2-6-19-41(46)51/h8-9,12-18,22-23,26,28,32,38,50,55H,2-7,10-11,19-21,24-25,27,29-31H2,1H3/b14-12+/t32-,38-,45+/m0/s1. The van der Waals surface area contributed by atoms with Gasteiger partial charge in [-0.1, -0.05) is 81.2 Å². The third-order valence-corrected chi connectivity index (χ3v) is 12.0. The molecule has 0 spiro atoms. The van der Waals surface area contributed by atoms with Crippen LogP contribution in [0.4, 0.5) is 17.1 Å². The highest BCUT2D eigenvalue weighted by atomic mass is 16.3. The van der Waals surface area contributed by atoms with Crippen molar-refractivity contribution in [3.8, 4) is 0 Å². The van der Waals surface area contributed by atoms with Gasteiger partial charge in [0.15, 0.2) is 5.60 Å². The predicted molar refractivity (Wildman–Crippen MR) is 213 cm³/mol. The molecule has 2 fully saturated rings. The van der Waals surface area contributed by atoms with Crippen molar-refractivity contribution in [1.29, 1.82) is 0 Å². The van der Waals surface area contributed by atoms with Crippen LogP contribution >= 0.6 is 0 Å². The molecular weight excluding hydrogens is 693 g/mol. The largest absolute Gasteiger partial charge is 0.394 e. The molecule has 7 rings (SSSR count).